The molecule has 0 saturated heterocycles. The van der Waals surface area contributed by atoms with Gasteiger partial charge in [0.1, 0.15) is 5.82 Å². The van der Waals surface area contributed by atoms with Gasteiger partial charge in [0.05, 0.1) is 18.0 Å². The van der Waals surface area contributed by atoms with Crippen LogP contribution in [0.3, 0.4) is 0 Å². The lowest BCUT2D eigenvalue weighted by Crippen LogP contribution is -1.89. The van der Waals surface area contributed by atoms with Gasteiger partial charge < -0.3 is 5.11 Å². The zero-order valence-electron chi connectivity index (χ0n) is 6.79. The van der Waals surface area contributed by atoms with Gasteiger partial charge in [-0.1, -0.05) is 6.08 Å². The van der Waals surface area contributed by atoms with Crippen molar-refractivity contribution in [3.05, 3.63) is 35.4 Å². The van der Waals surface area contributed by atoms with E-state index < -0.39 is 0 Å². The van der Waals surface area contributed by atoms with Crippen molar-refractivity contribution >= 4 is 6.08 Å². The molecule has 1 heterocycles. The lowest BCUT2D eigenvalue weighted by Gasteiger charge is -1.96. The number of rotatable bonds is 2. The summed E-state index contributed by atoms with van der Waals surface area (Å²) in [6, 6.07) is 2.92. The van der Waals surface area contributed by atoms with Crippen LogP contribution in [0.2, 0.25) is 0 Å². The molecule has 0 radical (unpaired) electrons. The van der Waals surface area contributed by atoms with Crippen LogP contribution < -0.4 is 0 Å². The number of hydrogen-bond acceptors (Lipinski definition) is 2. The van der Waals surface area contributed by atoms with Crippen LogP contribution in [-0.4, -0.2) is 16.7 Å². The zero-order valence-corrected chi connectivity index (χ0v) is 6.79. The molecule has 0 amide bonds. The Labute approximate surface area is 70.4 Å². The molecule has 3 heteroatoms. The van der Waals surface area contributed by atoms with E-state index in [0.29, 0.717) is 11.4 Å². The molecule has 1 N–H and O–H groups in total. The first-order valence-electron chi connectivity index (χ1n) is 3.64. The summed E-state index contributed by atoms with van der Waals surface area (Å²) in [5.74, 6) is -0.309. The van der Waals surface area contributed by atoms with Gasteiger partial charge in [-0.05, 0) is 25.1 Å². The predicted molar refractivity (Wildman–Crippen MR) is 45.1 cm³/mol. The second-order valence-corrected chi connectivity index (χ2v) is 2.39. The minimum atomic E-state index is -0.309. The second-order valence-electron chi connectivity index (χ2n) is 2.39. The summed E-state index contributed by atoms with van der Waals surface area (Å²) in [7, 11) is 0. The van der Waals surface area contributed by atoms with Gasteiger partial charge in [-0.3, -0.25) is 4.98 Å². The minimum Gasteiger partial charge on any atom is -0.392 e. The van der Waals surface area contributed by atoms with Crippen LogP contribution in [0.15, 0.2) is 18.2 Å². The number of aromatic nitrogens is 1. The fourth-order valence-corrected chi connectivity index (χ4v) is 0.830. The summed E-state index contributed by atoms with van der Waals surface area (Å²) in [6.45, 7) is 1.57. The molecule has 0 bridgehead atoms. The smallest absolute Gasteiger partial charge is 0.144 e. The zero-order chi connectivity index (χ0) is 8.97. The van der Waals surface area contributed by atoms with Crippen molar-refractivity contribution in [3.63, 3.8) is 0 Å². The van der Waals surface area contributed by atoms with E-state index in [-0.39, 0.29) is 12.4 Å². The van der Waals surface area contributed by atoms with E-state index in [1.54, 1.807) is 25.1 Å². The standard InChI is InChI=1S/C9H10FNO/c1-7-9(10)5-4-8(11-7)3-2-6-12/h2-5,12H,6H2,1H3. The highest BCUT2D eigenvalue weighted by molar-refractivity contribution is 5.44. The van der Waals surface area contributed by atoms with Crippen molar-refractivity contribution < 1.29 is 9.50 Å². The molecule has 1 rings (SSSR count). The first kappa shape index (κ1) is 8.87. The molecule has 2 nitrogen and oxygen atoms in total. The Balaban J connectivity index is 2.89. The third-order valence-corrected chi connectivity index (χ3v) is 1.44. The topological polar surface area (TPSA) is 33.1 Å². The first-order chi connectivity index (χ1) is 5.74. The number of pyridine rings is 1. The van der Waals surface area contributed by atoms with E-state index in [1.165, 1.54) is 6.07 Å². The number of halogens is 1. The van der Waals surface area contributed by atoms with Crippen LogP contribution in [0, 0.1) is 12.7 Å². The lowest BCUT2D eigenvalue weighted by molar-refractivity contribution is 0.343. The van der Waals surface area contributed by atoms with Gasteiger partial charge in [0, 0.05) is 0 Å². The van der Waals surface area contributed by atoms with Gasteiger partial charge >= 0.3 is 0 Å². The van der Waals surface area contributed by atoms with Crippen molar-refractivity contribution in [1.29, 1.82) is 0 Å². The van der Waals surface area contributed by atoms with E-state index in [9.17, 15) is 4.39 Å². The first-order valence-corrected chi connectivity index (χ1v) is 3.64. The Hall–Kier alpha value is -1.22. The summed E-state index contributed by atoms with van der Waals surface area (Å²) in [5, 5.41) is 8.46. The third-order valence-electron chi connectivity index (χ3n) is 1.44. The number of hydrogen-bond donors (Lipinski definition) is 1. The largest absolute Gasteiger partial charge is 0.392 e. The van der Waals surface area contributed by atoms with E-state index in [1.807, 2.05) is 0 Å². The van der Waals surface area contributed by atoms with Gasteiger partial charge in [0.25, 0.3) is 0 Å². The van der Waals surface area contributed by atoms with Gasteiger partial charge in [0.2, 0.25) is 0 Å². The molecule has 1 aromatic rings. The number of aliphatic hydroxyl groups is 1. The summed E-state index contributed by atoms with van der Waals surface area (Å²) in [4.78, 5) is 3.94. The fourth-order valence-electron chi connectivity index (χ4n) is 0.830. The Morgan fingerprint density at radius 3 is 2.92 bits per heavy atom. The highest BCUT2D eigenvalue weighted by Gasteiger charge is 1.96. The van der Waals surface area contributed by atoms with Crippen molar-refractivity contribution in [2.45, 2.75) is 6.92 Å². The molecule has 0 unspecified atom stereocenters. The molecule has 64 valence electrons. The Bertz CT molecular complexity index is 297. The molecule has 0 aliphatic heterocycles. The average Bonchev–Trinajstić information content (AvgIpc) is 2.07. The SMILES string of the molecule is Cc1nc(C=CCO)ccc1F. The van der Waals surface area contributed by atoms with Crippen LogP contribution in [0.5, 0.6) is 0 Å². The molecule has 0 aliphatic rings. The quantitative estimate of drug-likeness (QED) is 0.724. The predicted octanol–water partition coefficient (Wildman–Crippen LogP) is 1.53. The monoisotopic (exact) mass is 167 g/mol. The summed E-state index contributed by atoms with van der Waals surface area (Å²) >= 11 is 0. The van der Waals surface area contributed by atoms with Crippen molar-refractivity contribution in [1.82, 2.24) is 4.98 Å². The van der Waals surface area contributed by atoms with E-state index in [0.717, 1.165) is 0 Å². The van der Waals surface area contributed by atoms with E-state index >= 15 is 0 Å². The molecule has 1 aromatic heterocycles. The molecule has 0 atom stereocenters. The van der Waals surface area contributed by atoms with Crippen LogP contribution in [0.4, 0.5) is 4.39 Å². The van der Waals surface area contributed by atoms with E-state index in [2.05, 4.69) is 4.98 Å². The third kappa shape index (κ3) is 2.13. The van der Waals surface area contributed by atoms with Crippen LogP contribution in [0.1, 0.15) is 11.4 Å². The second kappa shape index (κ2) is 3.97. The van der Waals surface area contributed by atoms with Crippen LogP contribution in [0.25, 0.3) is 6.08 Å². The van der Waals surface area contributed by atoms with Crippen molar-refractivity contribution in [3.8, 4) is 0 Å². The van der Waals surface area contributed by atoms with Gasteiger partial charge in [-0.15, -0.1) is 0 Å². The molecular weight excluding hydrogens is 157 g/mol. The van der Waals surface area contributed by atoms with Crippen LogP contribution in [-0.2, 0) is 0 Å². The molecule has 0 saturated carbocycles. The molecule has 12 heavy (non-hydrogen) atoms. The van der Waals surface area contributed by atoms with Crippen LogP contribution >= 0.6 is 0 Å². The highest BCUT2D eigenvalue weighted by Crippen LogP contribution is 2.05. The maximum atomic E-state index is 12.7. The maximum Gasteiger partial charge on any atom is 0.144 e. The summed E-state index contributed by atoms with van der Waals surface area (Å²) < 4.78 is 12.7. The molecular formula is C9H10FNO. The molecule has 0 fully saturated rings. The average molecular weight is 167 g/mol. The number of aliphatic hydroxyl groups excluding tert-OH is 1. The van der Waals surface area contributed by atoms with Crippen molar-refractivity contribution in [2.24, 2.45) is 0 Å². The Morgan fingerprint density at radius 1 is 1.58 bits per heavy atom. The minimum absolute atomic E-state index is 0.0297. The Kier molecular flexibility index (Phi) is 2.94. The summed E-state index contributed by atoms with van der Waals surface area (Å²) in [6.07, 6.45) is 3.20. The summed E-state index contributed by atoms with van der Waals surface area (Å²) in [5.41, 5.74) is 1.03. The van der Waals surface area contributed by atoms with Gasteiger partial charge in [-0.25, -0.2) is 4.39 Å². The normalized spacial score (nSPS) is 10.9. The molecule has 0 aliphatic carbocycles. The molecule has 0 spiro atoms. The number of nitrogens with zero attached hydrogens (tertiary/aromatic N) is 1. The van der Waals surface area contributed by atoms with E-state index in [4.69, 9.17) is 5.11 Å². The Morgan fingerprint density at radius 2 is 2.33 bits per heavy atom. The van der Waals surface area contributed by atoms with Gasteiger partial charge in [0.15, 0.2) is 0 Å². The highest BCUT2D eigenvalue weighted by atomic mass is 19.1. The molecule has 0 aromatic carbocycles. The van der Waals surface area contributed by atoms with Crippen molar-refractivity contribution in [2.75, 3.05) is 6.61 Å². The van der Waals surface area contributed by atoms with Gasteiger partial charge in [-0.2, -0.15) is 0 Å². The number of aryl methyl sites for hydroxylation is 1. The fraction of sp³-hybridized carbons (Fsp3) is 0.222. The maximum absolute atomic E-state index is 12.7. The lowest BCUT2D eigenvalue weighted by atomic mass is 10.3.